The van der Waals surface area contributed by atoms with Crippen molar-refractivity contribution in [3.8, 4) is 0 Å². The molecule has 1 fully saturated rings. The van der Waals surface area contributed by atoms with Crippen molar-refractivity contribution in [2.75, 3.05) is 0 Å². The second-order valence-electron chi connectivity index (χ2n) is 7.75. The molecule has 132 valence electrons. The van der Waals surface area contributed by atoms with Crippen LogP contribution < -0.4 is 0 Å². The highest BCUT2D eigenvalue weighted by Crippen LogP contribution is 2.35. The average molecular weight is 436 g/mol. The molecule has 0 spiro atoms. The van der Waals surface area contributed by atoms with Crippen LogP contribution in [0.5, 0.6) is 0 Å². The zero-order chi connectivity index (χ0) is 17.5. The third-order valence-corrected chi connectivity index (χ3v) is 6.76. The number of rotatable bonds is 6. The summed E-state index contributed by atoms with van der Waals surface area (Å²) in [5, 5.41) is 0. The Morgan fingerprint density at radius 1 is 1.25 bits per heavy atom. The molecule has 1 atom stereocenters. The molecule has 2 rings (SSSR count). The van der Waals surface area contributed by atoms with Gasteiger partial charge >= 0.3 is 0 Å². The SMILES string of the molecule is C=C1CCC(/C(I)=C/C=C\C(C)CCC2=C(C)C=C(C)CC2)CC1. The van der Waals surface area contributed by atoms with Gasteiger partial charge in [-0.2, -0.15) is 0 Å². The predicted octanol–water partition coefficient (Wildman–Crippen LogP) is 8.08. The standard InChI is InChI=1S/C23H33I/c1-17(8-12-21-13-11-19(3)16-20(21)4)6-5-7-23(24)22-14-9-18(2)10-15-22/h5-7,16-17,22H,2,8-15H2,1,3-4H3/b6-5-,23-7-. The Bertz CT molecular complexity index is 561. The molecule has 0 heterocycles. The molecule has 1 saturated carbocycles. The number of allylic oxidation sites excluding steroid dienone is 9. The minimum atomic E-state index is 0.656. The first-order valence-electron chi connectivity index (χ1n) is 9.52. The molecule has 0 radical (unpaired) electrons. The van der Waals surface area contributed by atoms with Gasteiger partial charge in [-0.15, -0.1) is 0 Å². The molecule has 2 aliphatic carbocycles. The van der Waals surface area contributed by atoms with Crippen LogP contribution in [-0.4, -0.2) is 0 Å². The van der Waals surface area contributed by atoms with Gasteiger partial charge in [-0.25, -0.2) is 0 Å². The molecular weight excluding hydrogens is 403 g/mol. The van der Waals surface area contributed by atoms with Crippen LogP contribution in [0.25, 0.3) is 0 Å². The molecule has 0 bridgehead atoms. The highest BCUT2D eigenvalue weighted by molar-refractivity contribution is 14.1. The van der Waals surface area contributed by atoms with E-state index in [4.69, 9.17) is 0 Å². The minimum absolute atomic E-state index is 0.656. The van der Waals surface area contributed by atoms with Gasteiger partial charge in [0.15, 0.2) is 0 Å². The van der Waals surface area contributed by atoms with Gasteiger partial charge in [-0.1, -0.05) is 60.1 Å². The summed E-state index contributed by atoms with van der Waals surface area (Å²) in [7, 11) is 0. The van der Waals surface area contributed by atoms with Crippen LogP contribution in [-0.2, 0) is 0 Å². The van der Waals surface area contributed by atoms with E-state index in [-0.39, 0.29) is 0 Å². The van der Waals surface area contributed by atoms with Crippen molar-refractivity contribution in [3.05, 3.63) is 56.8 Å². The third kappa shape index (κ3) is 6.38. The van der Waals surface area contributed by atoms with Crippen LogP contribution in [0.4, 0.5) is 0 Å². The molecule has 0 amide bonds. The largest absolute Gasteiger partial charge is 0.0999 e. The molecule has 0 nitrogen and oxygen atoms in total. The summed E-state index contributed by atoms with van der Waals surface area (Å²) < 4.78 is 1.52. The van der Waals surface area contributed by atoms with E-state index in [2.05, 4.69) is 74.2 Å². The second kappa shape index (κ2) is 9.79. The second-order valence-corrected chi connectivity index (χ2v) is 9.00. The molecule has 0 aromatic carbocycles. The predicted molar refractivity (Wildman–Crippen MR) is 116 cm³/mol. The van der Waals surface area contributed by atoms with E-state index in [1.54, 1.807) is 5.57 Å². The summed E-state index contributed by atoms with van der Waals surface area (Å²) in [5.74, 6) is 1.42. The van der Waals surface area contributed by atoms with Gasteiger partial charge in [0.1, 0.15) is 0 Å². The molecule has 24 heavy (non-hydrogen) atoms. The highest BCUT2D eigenvalue weighted by atomic mass is 127. The first-order valence-corrected chi connectivity index (χ1v) is 10.6. The van der Waals surface area contributed by atoms with Crippen molar-refractivity contribution in [1.82, 2.24) is 0 Å². The summed E-state index contributed by atoms with van der Waals surface area (Å²) in [6, 6.07) is 0. The maximum absolute atomic E-state index is 4.12. The van der Waals surface area contributed by atoms with Crippen LogP contribution >= 0.6 is 22.6 Å². The summed E-state index contributed by atoms with van der Waals surface area (Å²) >= 11 is 2.54. The molecule has 0 aliphatic heterocycles. The van der Waals surface area contributed by atoms with Crippen molar-refractivity contribution < 1.29 is 0 Å². The van der Waals surface area contributed by atoms with Gasteiger partial charge in [0.25, 0.3) is 0 Å². The molecular formula is C23H33I. The normalized spacial score (nSPS) is 22.2. The van der Waals surface area contributed by atoms with Crippen molar-refractivity contribution in [3.63, 3.8) is 0 Å². The van der Waals surface area contributed by atoms with Crippen molar-refractivity contribution in [1.29, 1.82) is 0 Å². The fraction of sp³-hybridized carbons (Fsp3) is 0.565. The Labute approximate surface area is 163 Å². The van der Waals surface area contributed by atoms with Crippen LogP contribution in [0.2, 0.25) is 0 Å². The Morgan fingerprint density at radius 2 is 1.96 bits per heavy atom. The molecule has 1 heteroatoms. The van der Waals surface area contributed by atoms with E-state index in [1.807, 2.05) is 0 Å². The smallest absolute Gasteiger partial charge is 0.00630 e. The van der Waals surface area contributed by atoms with Crippen LogP contribution in [0.15, 0.2) is 56.8 Å². The monoisotopic (exact) mass is 436 g/mol. The van der Waals surface area contributed by atoms with Gasteiger partial charge < -0.3 is 0 Å². The first-order chi connectivity index (χ1) is 11.5. The first kappa shape index (κ1) is 19.8. The Kier molecular flexibility index (Phi) is 8.06. The number of halogens is 1. The lowest BCUT2D eigenvalue weighted by Crippen LogP contribution is -2.07. The van der Waals surface area contributed by atoms with Gasteiger partial charge in [-0.3, -0.25) is 0 Å². The van der Waals surface area contributed by atoms with Crippen LogP contribution in [0.3, 0.4) is 0 Å². The van der Waals surface area contributed by atoms with E-state index in [9.17, 15) is 0 Å². The number of hydrogen-bond donors (Lipinski definition) is 0. The minimum Gasteiger partial charge on any atom is -0.0999 e. The van der Waals surface area contributed by atoms with Crippen molar-refractivity contribution in [2.45, 2.75) is 72.1 Å². The van der Waals surface area contributed by atoms with E-state index < -0.39 is 0 Å². The summed E-state index contributed by atoms with van der Waals surface area (Å²) in [6.45, 7) is 11.0. The summed E-state index contributed by atoms with van der Waals surface area (Å²) in [5.41, 5.74) is 6.17. The Balaban J connectivity index is 1.78. The molecule has 1 unspecified atom stereocenters. The molecule has 0 saturated heterocycles. The zero-order valence-electron chi connectivity index (χ0n) is 15.7. The van der Waals surface area contributed by atoms with E-state index in [1.165, 1.54) is 71.7 Å². The quantitative estimate of drug-likeness (QED) is 0.224. The highest BCUT2D eigenvalue weighted by Gasteiger charge is 2.17. The molecule has 2 aliphatic rings. The summed E-state index contributed by atoms with van der Waals surface area (Å²) in [4.78, 5) is 0. The zero-order valence-corrected chi connectivity index (χ0v) is 17.9. The lowest BCUT2D eigenvalue weighted by atomic mass is 9.86. The lowest BCUT2D eigenvalue weighted by molar-refractivity contribution is 0.486. The fourth-order valence-corrected chi connectivity index (χ4v) is 4.51. The number of hydrogen-bond acceptors (Lipinski definition) is 0. The van der Waals surface area contributed by atoms with Crippen molar-refractivity contribution >= 4 is 22.6 Å². The molecule has 0 aromatic rings. The topological polar surface area (TPSA) is 0 Å². The lowest BCUT2D eigenvalue weighted by Gasteiger charge is -2.22. The third-order valence-electron chi connectivity index (χ3n) is 5.52. The van der Waals surface area contributed by atoms with E-state index in [0.717, 1.165) is 5.92 Å². The molecule has 0 N–H and O–H groups in total. The van der Waals surface area contributed by atoms with Crippen molar-refractivity contribution in [2.24, 2.45) is 11.8 Å². The molecule has 0 aromatic heterocycles. The van der Waals surface area contributed by atoms with Gasteiger partial charge in [0, 0.05) is 0 Å². The van der Waals surface area contributed by atoms with Gasteiger partial charge in [0.05, 0.1) is 0 Å². The van der Waals surface area contributed by atoms with E-state index >= 15 is 0 Å². The fourth-order valence-electron chi connectivity index (χ4n) is 3.68. The van der Waals surface area contributed by atoms with Gasteiger partial charge in [0.2, 0.25) is 0 Å². The van der Waals surface area contributed by atoms with Crippen LogP contribution in [0, 0.1) is 11.8 Å². The maximum Gasteiger partial charge on any atom is -0.00630 e. The Hall–Kier alpha value is -0.570. The average Bonchev–Trinajstić information content (AvgIpc) is 2.54. The Morgan fingerprint density at radius 3 is 2.62 bits per heavy atom. The van der Waals surface area contributed by atoms with Crippen LogP contribution in [0.1, 0.15) is 72.1 Å². The summed E-state index contributed by atoms with van der Waals surface area (Å²) in [6.07, 6.45) is 19.5. The van der Waals surface area contributed by atoms with Gasteiger partial charge in [-0.05, 0) is 103 Å². The maximum atomic E-state index is 4.12. The van der Waals surface area contributed by atoms with E-state index in [0.29, 0.717) is 5.92 Å².